The van der Waals surface area contributed by atoms with E-state index in [-0.39, 0.29) is 29.1 Å². The molecular formula is C22H29F3N2O3Si. The van der Waals surface area contributed by atoms with Crippen LogP contribution in [0.1, 0.15) is 49.8 Å². The Morgan fingerprint density at radius 1 is 1.29 bits per heavy atom. The Morgan fingerprint density at radius 2 is 1.90 bits per heavy atom. The monoisotopic (exact) mass is 454 g/mol. The Bertz CT molecular complexity index is 935. The highest BCUT2D eigenvalue weighted by Crippen LogP contribution is 2.55. The van der Waals surface area contributed by atoms with E-state index >= 15 is 0 Å². The fraction of sp³-hybridized carbons (Fsp3) is 0.636. The highest BCUT2D eigenvalue weighted by atomic mass is 28.4. The van der Waals surface area contributed by atoms with Crippen LogP contribution in [-0.2, 0) is 9.22 Å². The van der Waals surface area contributed by atoms with Gasteiger partial charge in [0.05, 0.1) is 23.8 Å². The fourth-order valence-electron chi connectivity index (χ4n) is 4.51. The molecule has 2 saturated heterocycles. The number of halogens is 3. The van der Waals surface area contributed by atoms with Gasteiger partial charge in [-0.15, -0.1) is 0 Å². The lowest BCUT2D eigenvalue weighted by atomic mass is 9.76. The summed E-state index contributed by atoms with van der Waals surface area (Å²) in [4.78, 5) is 14.4. The summed E-state index contributed by atoms with van der Waals surface area (Å²) in [7, 11) is -2.45. The second-order valence-electron chi connectivity index (χ2n) is 10.1. The number of aryl methyl sites for hydroxylation is 1. The summed E-state index contributed by atoms with van der Waals surface area (Å²) in [6, 6.07) is 4.59. The molecule has 0 saturated carbocycles. The summed E-state index contributed by atoms with van der Waals surface area (Å²) in [6.45, 7) is 11.5. The Kier molecular flexibility index (Phi) is 5.61. The van der Waals surface area contributed by atoms with E-state index in [2.05, 4.69) is 0 Å². The van der Waals surface area contributed by atoms with Crippen molar-refractivity contribution >= 4 is 14.2 Å². The van der Waals surface area contributed by atoms with Crippen molar-refractivity contribution in [2.45, 2.75) is 82.1 Å². The van der Waals surface area contributed by atoms with Crippen LogP contribution in [0.5, 0.6) is 0 Å². The van der Waals surface area contributed by atoms with Crippen LogP contribution in [0, 0.1) is 18.3 Å². The molecular weight excluding hydrogens is 425 g/mol. The molecule has 0 radical (unpaired) electrons. The van der Waals surface area contributed by atoms with Gasteiger partial charge in [-0.1, -0.05) is 26.8 Å². The average Bonchev–Trinajstić information content (AvgIpc) is 3.13. The molecule has 2 unspecified atom stereocenters. The van der Waals surface area contributed by atoms with Crippen LogP contribution >= 0.6 is 0 Å². The average molecular weight is 455 g/mol. The number of nitriles is 1. The Hall–Kier alpha value is -1.89. The largest absolute Gasteiger partial charge is 0.420 e. The Balaban J connectivity index is 2.11. The molecule has 1 aromatic carbocycles. The molecule has 1 aromatic rings. The number of nitrogens with zero attached hydrogens (tertiary/aromatic N) is 2. The number of benzene rings is 1. The van der Waals surface area contributed by atoms with Crippen LogP contribution in [0.4, 0.5) is 13.2 Å². The normalized spacial score (nSPS) is 29.3. The van der Waals surface area contributed by atoms with Crippen LogP contribution in [-0.4, -0.2) is 54.7 Å². The lowest BCUT2D eigenvalue weighted by Crippen LogP contribution is -2.61. The maximum Gasteiger partial charge on any atom is 0.420 e. The lowest BCUT2D eigenvalue weighted by Gasteiger charge is -2.43. The van der Waals surface area contributed by atoms with Crippen LogP contribution in [0.15, 0.2) is 18.2 Å². The zero-order valence-corrected chi connectivity index (χ0v) is 19.7. The third-order valence-corrected chi connectivity index (χ3v) is 11.7. The molecule has 4 atom stereocenters. The number of alkyl halides is 3. The molecule has 2 fully saturated rings. The molecule has 2 heterocycles. The van der Waals surface area contributed by atoms with Crippen molar-refractivity contribution in [1.82, 2.24) is 4.90 Å². The molecule has 0 bridgehead atoms. The minimum atomic E-state index is -5.05. The number of carbonyl (C=O) groups excluding carboxylic acids is 1. The number of amides is 1. The van der Waals surface area contributed by atoms with Gasteiger partial charge in [0.25, 0.3) is 0 Å². The number of fused-ring (bicyclic) bond motifs is 1. The second kappa shape index (κ2) is 7.32. The first-order valence-electron chi connectivity index (χ1n) is 10.3. The van der Waals surface area contributed by atoms with Crippen LogP contribution in [0.2, 0.25) is 18.1 Å². The molecule has 1 N–H and O–H groups in total. The van der Waals surface area contributed by atoms with E-state index in [9.17, 15) is 23.1 Å². The van der Waals surface area contributed by atoms with E-state index in [1.807, 2.05) is 39.9 Å². The van der Waals surface area contributed by atoms with Gasteiger partial charge >= 0.3 is 6.18 Å². The van der Waals surface area contributed by atoms with Gasteiger partial charge in [0.2, 0.25) is 5.91 Å². The molecule has 2 aliphatic rings. The first-order chi connectivity index (χ1) is 14.1. The Labute approximate surface area is 181 Å². The zero-order chi connectivity index (χ0) is 23.6. The topological polar surface area (TPSA) is 73.6 Å². The van der Waals surface area contributed by atoms with Crippen molar-refractivity contribution in [3.05, 3.63) is 34.9 Å². The van der Waals surface area contributed by atoms with Gasteiger partial charge in [-0.25, -0.2) is 0 Å². The van der Waals surface area contributed by atoms with Crippen molar-refractivity contribution in [3.63, 3.8) is 0 Å². The highest BCUT2D eigenvalue weighted by Gasteiger charge is 2.75. The van der Waals surface area contributed by atoms with Crippen molar-refractivity contribution in [3.8, 4) is 6.07 Å². The molecule has 3 rings (SSSR count). The fourth-order valence-corrected chi connectivity index (χ4v) is 5.86. The van der Waals surface area contributed by atoms with E-state index in [0.717, 1.165) is 4.90 Å². The molecule has 1 amide bonds. The maximum absolute atomic E-state index is 14.5. The predicted octanol–water partition coefficient (Wildman–Crippen LogP) is 4.25. The summed E-state index contributed by atoms with van der Waals surface area (Å²) < 4.78 is 49.8. The first kappa shape index (κ1) is 23.8. The molecule has 2 aliphatic heterocycles. The minimum absolute atomic E-state index is 0.0873. The molecule has 0 spiro atoms. The van der Waals surface area contributed by atoms with E-state index in [0.29, 0.717) is 5.56 Å². The van der Waals surface area contributed by atoms with Gasteiger partial charge in [0.15, 0.2) is 13.9 Å². The highest BCUT2D eigenvalue weighted by molar-refractivity contribution is 6.74. The van der Waals surface area contributed by atoms with Crippen LogP contribution in [0.3, 0.4) is 0 Å². The number of carbonyl (C=O) groups is 1. The standard InChI is InChI=1S/C22H29F3N2O3Si/c1-13-11-14(12-26)7-8-15(13)17-19(28)27-10-9-16(30-31(5,6)20(2,3)4)18(27)21(17,29)22(23,24)25/h7-8,11,16-18,29H,9-10H2,1-6H3/t16-,17?,18?,21+/m0/s1. The zero-order valence-electron chi connectivity index (χ0n) is 18.7. The van der Waals surface area contributed by atoms with E-state index < -0.39 is 44.1 Å². The van der Waals surface area contributed by atoms with Gasteiger partial charge in [-0.05, 0) is 54.7 Å². The third kappa shape index (κ3) is 3.58. The molecule has 9 heteroatoms. The molecule has 31 heavy (non-hydrogen) atoms. The van der Waals surface area contributed by atoms with Crippen molar-refractivity contribution in [2.75, 3.05) is 6.54 Å². The minimum Gasteiger partial charge on any atom is -0.412 e. The Morgan fingerprint density at radius 3 is 2.39 bits per heavy atom. The van der Waals surface area contributed by atoms with Gasteiger partial charge in [-0.3, -0.25) is 4.79 Å². The molecule has 5 nitrogen and oxygen atoms in total. The third-order valence-electron chi connectivity index (χ3n) is 7.18. The second-order valence-corrected chi connectivity index (χ2v) is 14.9. The lowest BCUT2D eigenvalue weighted by molar-refractivity contribution is -0.276. The number of rotatable bonds is 3. The van der Waals surface area contributed by atoms with Crippen LogP contribution in [0.25, 0.3) is 0 Å². The number of hydrogen-bond donors (Lipinski definition) is 1. The van der Waals surface area contributed by atoms with Crippen molar-refractivity contribution < 1.29 is 27.5 Å². The van der Waals surface area contributed by atoms with E-state index in [4.69, 9.17) is 9.69 Å². The smallest absolute Gasteiger partial charge is 0.412 e. The van der Waals surface area contributed by atoms with Gasteiger partial charge in [0.1, 0.15) is 5.92 Å². The molecule has 0 aliphatic carbocycles. The van der Waals surface area contributed by atoms with Crippen LogP contribution < -0.4 is 0 Å². The number of aliphatic hydroxyl groups is 1. The first-order valence-corrected chi connectivity index (χ1v) is 13.2. The van der Waals surface area contributed by atoms with E-state index in [1.54, 1.807) is 6.92 Å². The van der Waals surface area contributed by atoms with Gasteiger partial charge in [-0.2, -0.15) is 18.4 Å². The van der Waals surface area contributed by atoms with Crippen molar-refractivity contribution in [2.24, 2.45) is 0 Å². The summed E-state index contributed by atoms with van der Waals surface area (Å²) in [5.41, 5.74) is -2.55. The molecule has 0 aromatic heterocycles. The molecule has 170 valence electrons. The van der Waals surface area contributed by atoms with Crippen molar-refractivity contribution in [1.29, 1.82) is 5.26 Å². The van der Waals surface area contributed by atoms with Gasteiger partial charge in [0, 0.05) is 6.54 Å². The quantitative estimate of drug-likeness (QED) is 0.693. The maximum atomic E-state index is 14.5. The summed E-state index contributed by atoms with van der Waals surface area (Å²) in [5.74, 6) is -2.55. The number of hydrogen-bond acceptors (Lipinski definition) is 4. The summed E-state index contributed by atoms with van der Waals surface area (Å²) in [5, 5.41) is 20.1. The van der Waals surface area contributed by atoms with E-state index in [1.165, 1.54) is 18.2 Å². The summed E-state index contributed by atoms with van der Waals surface area (Å²) in [6.07, 6.45) is -5.70. The summed E-state index contributed by atoms with van der Waals surface area (Å²) >= 11 is 0. The van der Waals surface area contributed by atoms with Gasteiger partial charge < -0.3 is 14.4 Å². The predicted molar refractivity (Wildman–Crippen MR) is 112 cm³/mol. The SMILES string of the molecule is Cc1cc(C#N)ccc1C1C(=O)N2CC[C@H](O[Si](C)(C)C(C)(C)C)C2[C@@]1(O)C(F)(F)F.